The Balaban J connectivity index is 1.53. The van der Waals surface area contributed by atoms with Gasteiger partial charge in [0.1, 0.15) is 11.6 Å². The fraction of sp³-hybridized carbons (Fsp3) is 0.208. The van der Waals surface area contributed by atoms with Crippen molar-refractivity contribution >= 4 is 23.1 Å². The number of hydrogen-bond donors (Lipinski definition) is 1. The summed E-state index contributed by atoms with van der Waals surface area (Å²) >= 11 is 1.50. The van der Waals surface area contributed by atoms with Gasteiger partial charge in [0, 0.05) is 10.9 Å². The summed E-state index contributed by atoms with van der Waals surface area (Å²) in [7, 11) is 3.15. The van der Waals surface area contributed by atoms with Crippen LogP contribution in [-0.2, 0) is 11.2 Å². The van der Waals surface area contributed by atoms with Crippen LogP contribution in [0.3, 0.4) is 0 Å². The summed E-state index contributed by atoms with van der Waals surface area (Å²) in [5.41, 5.74) is 3.96. The van der Waals surface area contributed by atoms with Crippen LogP contribution in [0.4, 0.5) is 5.82 Å². The Kier molecular flexibility index (Phi) is 6.23. The zero-order valence-corrected chi connectivity index (χ0v) is 19.2. The zero-order chi connectivity index (χ0) is 22.7. The molecule has 4 rings (SSSR count). The molecule has 2 aromatic carbocycles. The maximum Gasteiger partial charge on any atom is 0.229 e. The molecule has 8 heteroatoms. The van der Waals surface area contributed by atoms with Crippen LogP contribution in [0.15, 0.2) is 54.0 Å². The number of imidazole rings is 1. The van der Waals surface area contributed by atoms with E-state index >= 15 is 0 Å². The van der Waals surface area contributed by atoms with Gasteiger partial charge in [0.2, 0.25) is 5.91 Å². The van der Waals surface area contributed by atoms with Crippen molar-refractivity contribution in [2.24, 2.45) is 0 Å². The minimum absolute atomic E-state index is 0.159. The SMILES string of the molecule is COc1ccc(CC(=O)Nc2cnc(C)n2-c2nc(-c3ccc(C)cc3)cs2)cc1OC. The van der Waals surface area contributed by atoms with Gasteiger partial charge in [-0.2, -0.15) is 0 Å². The van der Waals surface area contributed by atoms with E-state index in [0.717, 1.165) is 27.8 Å². The summed E-state index contributed by atoms with van der Waals surface area (Å²) in [6, 6.07) is 13.7. The second kappa shape index (κ2) is 9.23. The first kappa shape index (κ1) is 21.6. The Morgan fingerprint density at radius 1 is 1.06 bits per heavy atom. The summed E-state index contributed by atoms with van der Waals surface area (Å²) in [5.74, 6) is 2.38. The van der Waals surface area contributed by atoms with Crippen molar-refractivity contribution in [1.82, 2.24) is 14.5 Å². The molecule has 0 radical (unpaired) electrons. The van der Waals surface area contributed by atoms with E-state index in [-0.39, 0.29) is 12.3 Å². The molecule has 1 amide bonds. The average Bonchev–Trinajstić information content (AvgIpc) is 3.40. The Morgan fingerprint density at radius 2 is 1.81 bits per heavy atom. The third kappa shape index (κ3) is 4.50. The topological polar surface area (TPSA) is 78.3 Å². The molecule has 0 saturated carbocycles. The molecule has 164 valence electrons. The first-order valence-corrected chi connectivity index (χ1v) is 10.9. The first-order chi connectivity index (χ1) is 15.5. The molecule has 0 saturated heterocycles. The maximum absolute atomic E-state index is 12.7. The summed E-state index contributed by atoms with van der Waals surface area (Å²) < 4.78 is 12.4. The Morgan fingerprint density at radius 3 is 2.53 bits per heavy atom. The number of carbonyl (C=O) groups is 1. The zero-order valence-electron chi connectivity index (χ0n) is 18.4. The molecule has 0 unspecified atom stereocenters. The molecule has 2 heterocycles. The van der Waals surface area contributed by atoms with E-state index in [4.69, 9.17) is 14.5 Å². The van der Waals surface area contributed by atoms with Gasteiger partial charge in [-0.3, -0.25) is 9.36 Å². The highest BCUT2D eigenvalue weighted by Crippen LogP contribution is 2.29. The van der Waals surface area contributed by atoms with Crippen LogP contribution in [0.1, 0.15) is 17.0 Å². The maximum atomic E-state index is 12.7. The highest BCUT2D eigenvalue weighted by Gasteiger charge is 2.16. The molecule has 32 heavy (non-hydrogen) atoms. The van der Waals surface area contributed by atoms with Crippen LogP contribution in [0, 0.1) is 13.8 Å². The highest BCUT2D eigenvalue weighted by molar-refractivity contribution is 7.12. The summed E-state index contributed by atoms with van der Waals surface area (Å²) in [6.45, 7) is 3.94. The van der Waals surface area contributed by atoms with Crippen LogP contribution < -0.4 is 14.8 Å². The van der Waals surface area contributed by atoms with Crippen LogP contribution in [0.25, 0.3) is 16.4 Å². The molecular weight excluding hydrogens is 424 g/mol. The molecule has 2 aromatic heterocycles. The quantitative estimate of drug-likeness (QED) is 0.439. The van der Waals surface area contributed by atoms with Crippen LogP contribution >= 0.6 is 11.3 Å². The largest absolute Gasteiger partial charge is 0.493 e. The normalized spacial score (nSPS) is 10.8. The average molecular weight is 449 g/mol. The number of thiazole rings is 1. The molecule has 4 aromatic rings. The number of benzene rings is 2. The molecule has 0 aliphatic carbocycles. The lowest BCUT2D eigenvalue weighted by Crippen LogP contribution is -2.17. The fourth-order valence-electron chi connectivity index (χ4n) is 3.36. The number of nitrogens with one attached hydrogen (secondary N) is 1. The van der Waals surface area contributed by atoms with Crippen LogP contribution in [-0.4, -0.2) is 34.7 Å². The third-order valence-corrected chi connectivity index (χ3v) is 5.87. The van der Waals surface area contributed by atoms with Crippen molar-refractivity contribution in [3.63, 3.8) is 0 Å². The number of carbonyl (C=O) groups excluding carboxylic acids is 1. The molecule has 7 nitrogen and oxygen atoms in total. The van der Waals surface area contributed by atoms with E-state index in [1.54, 1.807) is 32.5 Å². The van der Waals surface area contributed by atoms with E-state index in [1.165, 1.54) is 16.9 Å². The number of methoxy groups -OCH3 is 2. The number of anilines is 1. The van der Waals surface area contributed by atoms with Crippen molar-refractivity contribution in [1.29, 1.82) is 0 Å². The van der Waals surface area contributed by atoms with E-state index in [0.29, 0.717) is 17.3 Å². The molecule has 0 spiro atoms. The van der Waals surface area contributed by atoms with Gasteiger partial charge in [0.25, 0.3) is 0 Å². The van der Waals surface area contributed by atoms with E-state index in [1.807, 2.05) is 22.9 Å². The molecule has 0 fully saturated rings. The third-order valence-electron chi connectivity index (χ3n) is 5.05. The molecule has 0 bridgehead atoms. The van der Waals surface area contributed by atoms with Crippen LogP contribution in [0.5, 0.6) is 11.5 Å². The standard InChI is InChI=1S/C24H24N4O3S/c1-15-5-8-18(9-6-15)19-14-32-24(26-19)28-16(2)25-13-22(28)27-23(29)12-17-7-10-20(30-3)21(11-17)31-4/h5-11,13-14H,12H2,1-4H3,(H,27,29). The van der Waals surface area contributed by atoms with Crippen molar-refractivity contribution in [2.45, 2.75) is 20.3 Å². The number of aromatic nitrogens is 3. The van der Waals surface area contributed by atoms with E-state index in [9.17, 15) is 4.79 Å². The van der Waals surface area contributed by atoms with Gasteiger partial charge in [0.15, 0.2) is 16.6 Å². The lowest BCUT2D eigenvalue weighted by molar-refractivity contribution is -0.115. The van der Waals surface area contributed by atoms with Gasteiger partial charge in [0.05, 0.1) is 32.5 Å². The van der Waals surface area contributed by atoms with Crippen molar-refractivity contribution in [2.75, 3.05) is 19.5 Å². The van der Waals surface area contributed by atoms with Crippen molar-refractivity contribution in [3.05, 3.63) is 71.0 Å². The molecular formula is C24H24N4O3S. The van der Waals surface area contributed by atoms with Gasteiger partial charge >= 0.3 is 0 Å². The lowest BCUT2D eigenvalue weighted by Gasteiger charge is -2.11. The molecule has 0 atom stereocenters. The number of rotatable bonds is 7. The van der Waals surface area contributed by atoms with E-state index in [2.05, 4.69) is 41.5 Å². The summed E-state index contributed by atoms with van der Waals surface area (Å²) in [5, 5.41) is 5.71. The fourth-order valence-corrected chi connectivity index (χ4v) is 4.25. The highest BCUT2D eigenvalue weighted by atomic mass is 32.1. The minimum atomic E-state index is -0.159. The second-order valence-electron chi connectivity index (χ2n) is 7.32. The predicted octanol–water partition coefficient (Wildman–Crippen LogP) is 4.81. The summed E-state index contributed by atoms with van der Waals surface area (Å²) in [4.78, 5) is 21.9. The van der Waals surface area contributed by atoms with Crippen molar-refractivity contribution < 1.29 is 14.3 Å². The number of hydrogen-bond acceptors (Lipinski definition) is 6. The first-order valence-electron chi connectivity index (χ1n) is 10.1. The predicted molar refractivity (Wildman–Crippen MR) is 126 cm³/mol. The van der Waals surface area contributed by atoms with Gasteiger partial charge in [-0.25, -0.2) is 9.97 Å². The number of amides is 1. The van der Waals surface area contributed by atoms with Gasteiger partial charge in [-0.05, 0) is 31.5 Å². The second-order valence-corrected chi connectivity index (χ2v) is 8.16. The monoisotopic (exact) mass is 448 g/mol. The lowest BCUT2D eigenvalue weighted by atomic mass is 10.1. The molecule has 1 N–H and O–H groups in total. The summed E-state index contributed by atoms with van der Waals surface area (Å²) in [6.07, 6.45) is 1.84. The Hall–Kier alpha value is -3.65. The Labute approximate surface area is 190 Å². The van der Waals surface area contributed by atoms with E-state index < -0.39 is 0 Å². The van der Waals surface area contributed by atoms with Crippen LogP contribution in [0.2, 0.25) is 0 Å². The molecule has 0 aliphatic rings. The molecule has 0 aliphatic heterocycles. The number of nitrogens with zero attached hydrogens (tertiary/aromatic N) is 3. The number of ether oxygens (including phenoxy) is 2. The Bertz CT molecular complexity index is 1240. The van der Waals surface area contributed by atoms with Gasteiger partial charge < -0.3 is 14.8 Å². The number of aryl methyl sites for hydroxylation is 2. The van der Waals surface area contributed by atoms with Gasteiger partial charge in [-0.1, -0.05) is 35.9 Å². The van der Waals surface area contributed by atoms with Crippen molar-refractivity contribution in [3.8, 4) is 27.9 Å². The smallest absolute Gasteiger partial charge is 0.229 e. The minimum Gasteiger partial charge on any atom is -0.493 e. The van der Waals surface area contributed by atoms with Gasteiger partial charge in [-0.15, -0.1) is 11.3 Å².